The van der Waals surface area contributed by atoms with Crippen LogP contribution in [0.4, 0.5) is 0 Å². The summed E-state index contributed by atoms with van der Waals surface area (Å²) in [4.78, 5) is 10.3. The Morgan fingerprint density at radius 2 is 1.16 bits per heavy atom. The maximum Gasteiger partial charge on any atom is 0.160 e. The smallest absolute Gasteiger partial charge is 0.160 e. The van der Waals surface area contributed by atoms with Crippen LogP contribution in [0.3, 0.4) is 0 Å². The summed E-state index contributed by atoms with van der Waals surface area (Å²) in [5.41, 5.74) is 11.4. The van der Waals surface area contributed by atoms with Crippen LogP contribution in [-0.2, 0) is 5.41 Å². The van der Waals surface area contributed by atoms with E-state index in [0.717, 1.165) is 67.2 Å². The van der Waals surface area contributed by atoms with Crippen molar-refractivity contribution < 1.29 is 4.74 Å². The Bertz CT molecular complexity index is 2990. The molecule has 2 aliphatic carbocycles. The molecule has 0 bridgehead atoms. The molecule has 3 unspecified atom stereocenters. The molecule has 8 aromatic rings. The lowest BCUT2D eigenvalue weighted by Crippen LogP contribution is -2.37. The van der Waals surface area contributed by atoms with E-state index >= 15 is 0 Å². The minimum absolute atomic E-state index is 0.137. The molecule has 0 fully saturated rings. The highest BCUT2D eigenvalue weighted by Crippen LogP contribution is 2.65. The van der Waals surface area contributed by atoms with Crippen LogP contribution in [0.15, 0.2) is 188 Å². The number of aromatic nitrogens is 2. The molecule has 0 saturated carbocycles. The van der Waals surface area contributed by atoms with Crippen LogP contribution >= 0.6 is 0 Å². The fourth-order valence-corrected chi connectivity index (χ4v) is 9.39. The van der Waals surface area contributed by atoms with Crippen molar-refractivity contribution in [3.05, 3.63) is 216 Å². The van der Waals surface area contributed by atoms with Crippen LogP contribution in [0.1, 0.15) is 33.7 Å². The first-order chi connectivity index (χ1) is 27.7. The van der Waals surface area contributed by atoms with Crippen molar-refractivity contribution >= 4 is 10.8 Å². The normalized spacial score (nSPS) is 18.4. The van der Waals surface area contributed by atoms with E-state index in [1.54, 1.807) is 0 Å². The summed E-state index contributed by atoms with van der Waals surface area (Å²) in [5.74, 6) is 2.61. The van der Waals surface area contributed by atoms with E-state index in [9.17, 15) is 5.26 Å². The van der Waals surface area contributed by atoms with Gasteiger partial charge < -0.3 is 4.74 Å². The Kier molecular flexibility index (Phi) is 7.24. The van der Waals surface area contributed by atoms with Gasteiger partial charge in [-0.25, -0.2) is 9.97 Å². The van der Waals surface area contributed by atoms with E-state index in [4.69, 9.17) is 14.7 Å². The standard InChI is InChI=1S/C52H33N3O/c53-32-39-16-6-7-17-40(39)36-24-26-45-49(29-36)56-50-30-38(25-27-46(50)52(45)43-20-10-8-18-41(43)42-19-9-11-21-44(42)52)48-31-47(54-51(55-48)34-13-2-1-3-14-34)37-23-22-33-12-4-5-15-35(33)28-37/h1-31,41,43H. The molecule has 7 aromatic carbocycles. The number of rotatable bonds is 4. The zero-order valence-corrected chi connectivity index (χ0v) is 30.3. The average molecular weight is 716 g/mol. The van der Waals surface area contributed by atoms with E-state index in [1.807, 2.05) is 42.5 Å². The van der Waals surface area contributed by atoms with Gasteiger partial charge in [0.2, 0.25) is 0 Å². The maximum atomic E-state index is 10.0. The molecule has 3 aliphatic rings. The highest BCUT2D eigenvalue weighted by atomic mass is 16.5. The predicted molar refractivity (Wildman–Crippen MR) is 223 cm³/mol. The molecular formula is C52H33N3O. The quantitative estimate of drug-likeness (QED) is 0.182. The van der Waals surface area contributed by atoms with Gasteiger partial charge in [-0.1, -0.05) is 158 Å². The van der Waals surface area contributed by atoms with Crippen molar-refractivity contribution in [1.82, 2.24) is 9.97 Å². The molecule has 0 N–H and O–H groups in total. The van der Waals surface area contributed by atoms with Crippen LogP contribution in [0.2, 0.25) is 0 Å². The second-order valence-electron chi connectivity index (χ2n) is 14.8. The summed E-state index contributed by atoms with van der Waals surface area (Å²) >= 11 is 0. The summed E-state index contributed by atoms with van der Waals surface area (Å²) in [6.45, 7) is 0. The van der Waals surface area contributed by atoms with E-state index in [-0.39, 0.29) is 11.8 Å². The number of allylic oxidation sites excluding steroid dienone is 4. The van der Waals surface area contributed by atoms with Crippen molar-refractivity contribution in [3.63, 3.8) is 0 Å². The number of benzene rings is 7. The summed E-state index contributed by atoms with van der Waals surface area (Å²) in [5, 5.41) is 12.4. The minimum atomic E-state index is -0.506. The molecular weight excluding hydrogens is 683 g/mol. The Hall–Kier alpha value is -7.35. The van der Waals surface area contributed by atoms with Crippen molar-refractivity contribution in [2.45, 2.75) is 11.3 Å². The molecule has 4 heteroatoms. The molecule has 2 heterocycles. The molecule has 262 valence electrons. The van der Waals surface area contributed by atoms with Gasteiger partial charge in [0.1, 0.15) is 11.5 Å². The number of fused-ring (bicyclic) bond motifs is 10. The SMILES string of the molecule is N#Cc1ccccc1-c1ccc2c(c1)Oc1cc(-c3cc(-c4ccc5ccccc5c4)nc(-c4ccccc4)n3)ccc1C21c2ccccc2C2C=CC=CC21. The largest absolute Gasteiger partial charge is 0.457 e. The van der Waals surface area contributed by atoms with Gasteiger partial charge in [0.15, 0.2) is 5.82 Å². The first-order valence-electron chi connectivity index (χ1n) is 19.0. The summed E-state index contributed by atoms with van der Waals surface area (Å²) in [7, 11) is 0. The number of ether oxygens (including phenoxy) is 1. The van der Waals surface area contributed by atoms with Gasteiger partial charge in [-0.2, -0.15) is 5.26 Å². The van der Waals surface area contributed by atoms with Gasteiger partial charge in [-0.3, -0.25) is 0 Å². The fourth-order valence-electron chi connectivity index (χ4n) is 9.39. The van der Waals surface area contributed by atoms with Gasteiger partial charge in [0.25, 0.3) is 0 Å². The van der Waals surface area contributed by atoms with Gasteiger partial charge in [0, 0.05) is 39.7 Å². The number of nitriles is 1. The van der Waals surface area contributed by atoms with Gasteiger partial charge in [-0.05, 0) is 63.4 Å². The lowest BCUT2D eigenvalue weighted by atomic mass is 9.61. The first-order valence-corrected chi connectivity index (χ1v) is 19.0. The molecule has 1 aliphatic heterocycles. The zero-order chi connectivity index (χ0) is 37.2. The number of hydrogen-bond acceptors (Lipinski definition) is 4. The van der Waals surface area contributed by atoms with Crippen LogP contribution in [0.5, 0.6) is 11.5 Å². The molecule has 4 nitrogen and oxygen atoms in total. The molecule has 0 amide bonds. The van der Waals surface area contributed by atoms with E-state index in [1.165, 1.54) is 16.5 Å². The monoisotopic (exact) mass is 715 g/mol. The van der Waals surface area contributed by atoms with E-state index < -0.39 is 5.41 Å². The second kappa shape index (κ2) is 12.6. The second-order valence-corrected chi connectivity index (χ2v) is 14.8. The van der Waals surface area contributed by atoms with Crippen LogP contribution < -0.4 is 4.74 Å². The summed E-state index contributed by atoms with van der Waals surface area (Å²) in [6, 6.07) is 59.3. The van der Waals surface area contributed by atoms with E-state index in [2.05, 4.69) is 152 Å². The minimum Gasteiger partial charge on any atom is -0.457 e. The Morgan fingerprint density at radius 3 is 1.98 bits per heavy atom. The molecule has 1 aromatic heterocycles. The molecule has 3 atom stereocenters. The Labute approximate surface area is 325 Å². The van der Waals surface area contributed by atoms with Crippen LogP contribution in [0.25, 0.3) is 55.8 Å². The predicted octanol–water partition coefficient (Wildman–Crippen LogP) is 12.4. The van der Waals surface area contributed by atoms with E-state index in [0.29, 0.717) is 11.4 Å². The molecule has 1 spiro atoms. The maximum absolute atomic E-state index is 10.0. The average Bonchev–Trinajstić information content (AvgIpc) is 3.56. The third kappa shape index (κ3) is 4.85. The van der Waals surface area contributed by atoms with Crippen LogP contribution in [0, 0.1) is 17.2 Å². The molecule has 0 saturated heterocycles. The zero-order valence-electron chi connectivity index (χ0n) is 30.3. The first kappa shape index (κ1) is 32.1. The number of nitrogens with zero attached hydrogens (tertiary/aromatic N) is 3. The number of hydrogen-bond donors (Lipinski definition) is 0. The Morgan fingerprint density at radius 1 is 0.518 bits per heavy atom. The fraction of sp³-hybridized carbons (Fsp3) is 0.0577. The lowest BCUT2D eigenvalue weighted by Gasteiger charge is -2.43. The molecule has 11 rings (SSSR count). The third-order valence-corrected chi connectivity index (χ3v) is 11.9. The highest BCUT2D eigenvalue weighted by molar-refractivity contribution is 5.88. The Balaban J connectivity index is 1.13. The van der Waals surface area contributed by atoms with Crippen molar-refractivity contribution in [1.29, 1.82) is 5.26 Å². The molecule has 0 radical (unpaired) electrons. The topological polar surface area (TPSA) is 58.8 Å². The van der Waals surface area contributed by atoms with Crippen molar-refractivity contribution in [2.24, 2.45) is 5.92 Å². The van der Waals surface area contributed by atoms with Crippen molar-refractivity contribution in [3.8, 4) is 62.6 Å². The lowest BCUT2D eigenvalue weighted by molar-refractivity contribution is 0.374. The van der Waals surface area contributed by atoms with Crippen LogP contribution in [-0.4, -0.2) is 9.97 Å². The van der Waals surface area contributed by atoms with Gasteiger partial charge >= 0.3 is 0 Å². The third-order valence-electron chi connectivity index (χ3n) is 11.9. The summed E-state index contributed by atoms with van der Waals surface area (Å²) in [6.07, 6.45) is 9.09. The van der Waals surface area contributed by atoms with Crippen molar-refractivity contribution in [2.75, 3.05) is 0 Å². The van der Waals surface area contributed by atoms with Gasteiger partial charge in [-0.15, -0.1) is 0 Å². The highest BCUT2D eigenvalue weighted by Gasteiger charge is 2.56. The van der Waals surface area contributed by atoms with Gasteiger partial charge in [0.05, 0.1) is 28.4 Å². The summed E-state index contributed by atoms with van der Waals surface area (Å²) < 4.78 is 7.07. The molecule has 56 heavy (non-hydrogen) atoms.